The van der Waals surface area contributed by atoms with E-state index in [4.69, 9.17) is 4.74 Å². The van der Waals surface area contributed by atoms with Crippen LogP contribution in [0.4, 0.5) is 0 Å². The zero-order chi connectivity index (χ0) is 15.1. The van der Waals surface area contributed by atoms with Gasteiger partial charge in [0, 0.05) is 6.04 Å². The van der Waals surface area contributed by atoms with Crippen molar-refractivity contribution in [1.29, 1.82) is 0 Å². The lowest BCUT2D eigenvalue weighted by atomic mass is 9.97. The summed E-state index contributed by atoms with van der Waals surface area (Å²) in [4.78, 5) is 14.5. The Bertz CT molecular complexity index is 450. The SMILES string of the molecule is CCOC(=O)CC(c1ccccc1C)N1CCCCCC1. The highest BCUT2D eigenvalue weighted by Gasteiger charge is 2.25. The van der Waals surface area contributed by atoms with Gasteiger partial charge in [-0.25, -0.2) is 0 Å². The van der Waals surface area contributed by atoms with Crippen molar-refractivity contribution in [2.75, 3.05) is 19.7 Å². The molecule has 1 unspecified atom stereocenters. The Morgan fingerprint density at radius 3 is 2.48 bits per heavy atom. The summed E-state index contributed by atoms with van der Waals surface area (Å²) < 4.78 is 5.19. The summed E-state index contributed by atoms with van der Waals surface area (Å²) in [6.07, 6.45) is 5.52. The number of carbonyl (C=O) groups is 1. The first-order chi connectivity index (χ1) is 10.2. The predicted molar refractivity (Wildman–Crippen MR) is 85.2 cm³/mol. The molecule has 0 spiro atoms. The fraction of sp³-hybridized carbons (Fsp3) is 0.611. The molecule has 1 aromatic rings. The molecule has 0 aliphatic carbocycles. The molecule has 1 atom stereocenters. The van der Waals surface area contributed by atoms with Crippen molar-refractivity contribution in [3.05, 3.63) is 35.4 Å². The van der Waals surface area contributed by atoms with Crippen molar-refractivity contribution in [2.24, 2.45) is 0 Å². The largest absolute Gasteiger partial charge is 0.466 e. The van der Waals surface area contributed by atoms with Gasteiger partial charge >= 0.3 is 5.97 Å². The van der Waals surface area contributed by atoms with Crippen LogP contribution in [0.15, 0.2) is 24.3 Å². The molecule has 0 radical (unpaired) electrons. The molecule has 3 nitrogen and oxygen atoms in total. The second-order valence-electron chi connectivity index (χ2n) is 5.83. The van der Waals surface area contributed by atoms with Crippen LogP contribution in [0.5, 0.6) is 0 Å². The second-order valence-corrected chi connectivity index (χ2v) is 5.83. The number of carbonyl (C=O) groups excluding carboxylic acids is 1. The summed E-state index contributed by atoms with van der Waals surface area (Å²) in [5.41, 5.74) is 2.53. The van der Waals surface area contributed by atoms with Gasteiger partial charge in [0.2, 0.25) is 0 Å². The first kappa shape index (κ1) is 16.0. The molecular formula is C18H27NO2. The lowest BCUT2D eigenvalue weighted by Gasteiger charge is -2.31. The molecule has 21 heavy (non-hydrogen) atoms. The maximum absolute atomic E-state index is 12.0. The maximum Gasteiger partial charge on any atom is 0.307 e. The number of benzene rings is 1. The zero-order valence-corrected chi connectivity index (χ0v) is 13.3. The van der Waals surface area contributed by atoms with Gasteiger partial charge in [0.1, 0.15) is 0 Å². The van der Waals surface area contributed by atoms with E-state index in [-0.39, 0.29) is 12.0 Å². The van der Waals surface area contributed by atoms with Gasteiger partial charge in [-0.05, 0) is 50.9 Å². The Labute approximate surface area is 128 Å². The number of hydrogen-bond acceptors (Lipinski definition) is 3. The van der Waals surface area contributed by atoms with Gasteiger partial charge in [-0.1, -0.05) is 37.1 Å². The molecular weight excluding hydrogens is 262 g/mol. The molecule has 1 aliphatic heterocycles. The van der Waals surface area contributed by atoms with Gasteiger partial charge in [-0.2, -0.15) is 0 Å². The fourth-order valence-electron chi connectivity index (χ4n) is 3.18. The van der Waals surface area contributed by atoms with Crippen molar-refractivity contribution in [3.63, 3.8) is 0 Å². The average molecular weight is 289 g/mol. The number of nitrogens with zero attached hydrogens (tertiary/aromatic N) is 1. The predicted octanol–water partition coefficient (Wildman–Crippen LogP) is 3.87. The van der Waals surface area contributed by atoms with E-state index in [1.807, 2.05) is 6.92 Å². The third-order valence-electron chi connectivity index (χ3n) is 4.29. The second kappa shape index (κ2) is 8.18. The Hall–Kier alpha value is -1.35. The fourth-order valence-corrected chi connectivity index (χ4v) is 3.18. The molecule has 2 rings (SSSR count). The summed E-state index contributed by atoms with van der Waals surface area (Å²) in [7, 11) is 0. The molecule has 0 N–H and O–H groups in total. The smallest absolute Gasteiger partial charge is 0.307 e. The quantitative estimate of drug-likeness (QED) is 0.771. The Kier molecular flexibility index (Phi) is 6.24. The minimum absolute atomic E-state index is 0.0880. The van der Waals surface area contributed by atoms with Gasteiger partial charge in [0.05, 0.1) is 13.0 Å². The van der Waals surface area contributed by atoms with Gasteiger partial charge < -0.3 is 4.74 Å². The first-order valence-electron chi connectivity index (χ1n) is 8.17. The lowest BCUT2D eigenvalue weighted by molar-refractivity contribution is -0.144. The standard InChI is InChI=1S/C18H27NO2/c1-3-21-18(20)14-17(16-11-7-6-10-15(16)2)19-12-8-4-5-9-13-19/h6-7,10-11,17H,3-5,8-9,12-14H2,1-2H3. The molecule has 3 heteroatoms. The van der Waals surface area contributed by atoms with Crippen LogP contribution < -0.4 is 0 Å². The van der Waals surface area contributed by atoms with Crippen molar-refractivity contribution >= 4 is 5.97 Å². The Morgan fingerprint density at radius 2 is 1.86 bits per heavy atom. The minimum Gasteiger partial charge on any atom is -0.466 e. The topological polar surface area (TPSA) is 29.5 Å². The number of rotatable bonds is 5. The van der Waals surface area contributed by atoms with E-state index in [1.165, 1.54) is 36.8 Å². The van der Waals surface area contributed by atoms with Crippen molar-refractivity contribution in [1.82, 2.24) is 4.90 Å². The monoisotopic (exact) mass is 289 g/mol. The third kappa shape index (κ3) is 4.57. The van der Waals surface area contributed by atoms with E-state index in [0.717, 1.165) is 13.1 Å². The van der Waals surface area contributed by atoms with E-state index in [0.29, 0.717) is 13.0 Å². The normalized spacial score (nSPS) is 18.0. The van der Waals surface area contributed by atoms with Gasteiger partial charge in [0.25, 0.3) is 0 Å². The lowest BCUT2D eigenvalue weighted by Crippen LogP contribution is -2.32. The molecule has 1 aliphatic rings. The highest BCUT2D eigenvalue weighted by atomic mass is 16.5. The van der Waals surface area contributed by atoms with Crippen LogP contribution in [-0.2, 0) is 9.53 Å². The summed E-state index contributed by atoms with van der Waals surface area (Å²) in [6.45, 7) is 6.62. The van der Waals surface area contributed by atoms with Crippen LogP contribution in [0.25, 0.3) is 0 Å². The summed E-state index contributed by atoms with van der Waals surface area (Å²) in [5, 5.41) is 0. The van der Waals surface area contributed by atoms with Crippen LogP contribution >= 0.6 is 0 Å². The number of likely N-dealkylation sites (tertiary alicyclic amines) is 1. The molecule has 0 aromatic heterocycles. The zero-order valence-electron chi connectivity index (χ0n) is 13.3. The summed E-state index contributed by atoms with van der Waals surface area (Å²) in [6, 6.07) is 8.57. The molecule has 1 heterocycles. The molecule has 1 fully saturated rings. The number of esters is 1. The van der Waals surface area contributed by atoms with E-state index < -0.39 is 0 Å². The molecule has 0 amide bonds. The molecule has 1 aromatic carbocycles. The molecule has 116 valence electrons. The molecule has 0 saturated carbocycles. The van der Waals surface area contributed by atoms with Crippen LogP contribution in [0.2, 0.25) is 0 Å². The minimum atomic E-state index is -0.0880. The van der Waals surface area contributed by atoms with Gasteiger partial charge in [0.15, 0.2) is 0 Å². The molecule has 0 bridgehead atoms. The summed E-state index contributed by atoms with van der Waals surface area (Å²) >= 11 is 0. The van der Waals surface area contributed by atoms with E-state index in [2.05, 4.69) is 36.1 Å². The highest BCUT2D eigenvalue weighted by molar-refractivity contribution is 5.70. The first-order valence-corrected chi connectivity index (χ1v) is 8.17. The maximum atomic E-state index is 12.0. The van der Waals surface area contributed by atoms with Crippen LogP contribution in [0, 0.1) is 6.92 Å². The van der Waals surface area contributed by atoms with Crippen molar-refractivity contribution in [2.45, 2.75) is 52.0 Å². The van der Waals surface area contributed by atoms with Crippen molar-refractivity contribution in [3.8, 4) is 0 Å². The van der Waals surface area contributed by atoms with Crippen LogP contribution in [-0.4, -0.2) is 30.6 Å². The van der Waals surface area contributed by atoms with E-state index in [1.54, 1.807) is 0 Å². The van der Waals surface area contributed by atoms with E-state index >= 15 is 0 Å². The number of ether oxygens (including phenoxy) is 1. The number of aryl methyl sites for hydroxylation is 1. The van der Waals surface area contributed by atoms with Crippen LogP contribution in [0.1, 0.15) is 56.2 Å². The van der Waals surface area contributed by atoms with E-state index in [9.17, 15) is 4.79 Å². The Morgan fingerprint density at radius 1 is 1.19 bits per heavy atom. The number of hydrogen-bond donors (Lipinski definition) is 0. The van der Waals surface area contributed by atoms with Gasteiger partial charge in [-0.3, -0.25) is 9.69 Å². The van der Waals surface area contributed by atoms with Crippen molar-refractivity contribution < 1.29 is 9.53 Å². The third-order valence-corrected chi connectivity index (χ3v) is 4.29. The highest BCUT2D eigenvalue weighted by Crippen LogP contribution is 2.29. The summed E-state index contributed by atoms with van der Waals surface area (Å²) in [5.74, 6) is -0.0880. The Balaban J connectivity index is 2.20. The molecule has 1 saturated heterocycles. The average Bonchev–Trinajstić information content (AvgIpc) is 2.75. The van der Waals surface area contributed by atoms with Crippen LogP contribution in [0.3, 0.4) is 0 Å². The van der Waals surface area contributed by atoms with Gasteiger partial charge in [-0.15, -0.1) is 0 Å².